The van der Waals surface area contributed by atoms with Gasteiger partial charge in [0.2, 0.25) is 17.8 Å². The molecule has 0 aromatic carbocycles. The maximum absolute atomic E-state index is 12.5. The van der Waals surface area contributed by atoms with Gasteiger partial charge >= 0.3 is 0 Å². The van der Waals surface area contributed by atoms with Crippen LogP contribution < -0.4 is 15.5 Å². The lowest BCUT2D eigenvalue weighted by Gasteiger charge is -2.26. The predicted molar refractivity (Wildman–Crippen MR) is 93.1 cm³/mol. The molecular weight excluding hydrogens is 318 g/mol. The van der Waals surface area contributed by atoms with Gasteiger partial charge in [0, 0.05) is 31.9 Å². The Morgan fingerprint density at radius 2 is 1.88 bits per heavy atom. The van der Waals surface area contributed by atoms with E-state index in [0.29, 0.717) is 24.8 Å². The Kier molecular flexibility index (Phi) is 4.41. The molecule has 0 aliphatic carbocycles. The highest BCUT2D eigenvalue weighted by Crippen LogP contribution is 2.38. The maximum Gasteiger partial charge on any atom is 0.234 e. The smallest absolute Gasteiger partial charge is 0.234 e. The number of imide groups is 1. The summed E-state index contributed by atoms with van der Waals surface area (Å²) in [6.45, 7) is 3.46. The molecule has 2 N–H and O–H groups in total. The molecule has 7 nitrogen and oxygen atoms in total. The van der Waals surface area contributed by atoms with Crippen LogP contribution in [0.3, 0.4) is 0 Å². The second-order valence-electron chi connectivity index (χ2n) is 7.52. The Labute approximate surface area is 147 Å². The molecule has 1 unspecified atom stereocenters. The molecule has 4 rings (SSSR count). The van der Waals surface area contributed by atoms with Crippen LogP contribution in [0, 0.1) is 5.41 Å². The Hall–Kier alpha value is -2.02. The molecule has 7 heteroatoms. The Morgan fingerprint density at radius 3 is 2.64 bits per heavy atom. The third kappa shape index (κ3) is 3.25. The second-order valence-corrected chi connectivity index (χ2v) is 7.52. The van der Waals surface area contributed by atoms with Crippen LogP contribution in [0.4, 0.5) is 5.95 Å². The molecular formula is C18H25N5O2. The number of carbonyl (C=O) groups is 2. The number of rotatable bonds is 2. The summed E-state index contributed by atoms with van der Waals surface area (Å²) >= 11 is 0. The SMILES string of the molecule is O=C1CCCC2(CCN(c3ncc(C4CCNCC4)cn3)C2)C(=O)N1. The van der Waals surface area contributed by atoms with E-state index in [1.165, 1.54) is 5.56 Å². The number of nitrogens with one attached hydrogen (secondary N) is 2. The monoisotopic (exact) mass is 343 g/mol. The minimum atomic E-state index is -0.469. The van der Waals surface area contributed by atoms with Gasteiger partial charge in [-0.3, -0.25) is 14.9 Å². The van der Waals surface area contributed by atoms with Crippen molar-refractivity contribution in [2.75, 3.05) is 31.1 Å². The molecule has 0 radical (unpaired) electrons. The number of hydrogen-bond acceptors (Lipinski definition) is 6. The van der Waals surface area contributed by atoms with E-state index in [-0.39, 0.29) is 11.8 Å². The first kappa shape index (κ1) is 16.4. The Balaban J connectivity index is 1.46. The van der Waals surface area contributed by atoms with Crippen LogP contribution in [0.2, 0.25) is 0 Å². The second kappa shape index (κ2) is 6.71. The van der Waals surface area contributed by atoms with Crippen molar-refractivity contribution in [1.82, 2.24) is 20.6 Å². The number of hydrogen-bond donors (Lipinski definition) is 2. The van der Waals surface area contributed by atoms with Gasteiger partial charge in [0.25, 0.3) is 0 Å². The average molecular weight is 343 g/mol. The summed E-state index contributed by atoms with van der Waals surface area (Å²) in [5.74, 6) is 0.962. The van der Waals surface area contributed by atoms with Crippen molar-refractivity contribution in [1.29, 1.82) is 0 Å². The molecule has 3 aliphatic heterocycles. The van der Waals surface area contributed by atoms with Gasteiger partial charge in [0.1, 0.15) is 0 Å². The molecule has 2 amide bonds. The van der Waals surface area contributed by atoms with Crippen LogP contribution in [0.25, 0.3) is 0 Å². The van der Waals surface area contributed by atoms with Gasteiger partial charge in [0.15, 0.2) is 0 Å². The van der Waals surface area contributed by atoms with E-state index in [9.17, 15) is 9.59 Å². The van der Waals surface area contributed by atoms with Gasteiger partial charge in [-0.2, -0.15) is 0 Å². The first-order valence-electron chi connectivity index (χ1n) is 9.28. The van der Waals surface area contributed by atoms with E-state index in [1.54, 1.807) is 0 Å². The van der Waals surface area contributed by atoms with Crippen LogP contribution in [-0.2, 0) is 9.59 Å². The fourth-order valence-corrected chi connectivity index (χ4v) is 4.32. The van der Waals surface area contributed by atoms with Crippen LogP contribution in [-0.4, -0.2) is 48.0 Å². The van der Waals surface area contributed by atoms with E-state index in [2.05, 4.69) is 25.5 Å². The maximum atomic E-state index is 12.5. The van der Waals surface area contributed by atoms with Crippen LogP contribution >= 0.6 is 0 Å². The van der Waals surface area contributed by atoms with Gasteiger partial charge in [-0.1, -0.05) is 0 Å². The number of piperidine rings is 1. The molecule has 1 spiro atoms. The predicted octanol–water partition coefficient (Wildman–Crippen LogP) is 0.967. The van der Waals surface area contributed by atoms with Crippen molar-refractivity contribution in [2.45, 2.75) is 44.4 Å². The van der Waals surface area contributed by atoms with Crippen molar-refractivity contribution >= 4 is 17.8 Å². The molecule has 25 heavy (non-hydrogen) atoms. The highest BCUT2D eigenvalue weighted by molar-refractivity contribution is 5.99. The summed E-state index contributed by atoms with van der Waals surface area (Å²) in [6.07, 6.45) is 8.86. The van der Waals surface area contributed by atoms with Crippen molar-refractivity contribution in [3.63, 3.8) is 0 Å². The van der Waals surface area contributed by atoms with Crippen molar-refractivity contribution in [2.24, 2.45) is 5.41 Å². The fraction of sp³-hybridized carbons (Fsp3) is 0.667. The van der Waals surface area contributed by atoms with Gasteiger partial charge in [-0.25, -0.2) is 9.97 Å². The van der Waals surface area contributed by atoms with Gasteiger partial charge in [0.05, 0.1) is 5.41 Å². The normalized spacial score (nSPS) is 28.2. The van der Waals surface area contributed by atoms with Gasteiger partial charge in [-0.05, 0) is 56.7 Å². The van der Waals surface area contributed by atoms with Crippen molar-refractivity contribution in [3.05, 3.63) is 18.0 Å². The Morgan fingerprint density at radius 1 is 1.12 bits per heavy atom. The number of anilines is 1. The Bertz CT molecular complexity index is 656. The lowest BCUT2D eigenvalue weighted by molar-refractivity contribution is -0.134. The standard InChI is InChI=1S/C18H25N5O2/c24-15-2-1-5-18(16(25)22-15)6-9-23(12-18)17-20-10-14(11-21-17)13-3-7-19-8-4-13/h10-11,13,19H,1-9,12H2,(H,22,24,25). The average Bonchev–Trinajstić information content (AvgIpc) is 3.02. The van der Waals surface area contributed by atoms with E-state index in [0.717, 1.165) is 51.7 Å². The minimum absolute atomic E-state index is 0.121. The zero-order chi connectivity index (χ0) is 17.3. The molecule has 3 aliphatic rings. The summed E-state index contributed by atoms with van der Waals surface area (Å²) in [5, 5.41) is 5.92. The molecule has 1 aromatic heterocycles. The third-order valence-electron chi connectivity index (χ3n) is 5.90. The minimum Gasteiger partial charge on any atom is -0.340 e. The quantitative estimate of drug-likeness (QED) is 0.778. The largest absolute Gasteiger partial charge is 0.340 e. The molecule has 134 valence electrons. The van der Waals surface area contributed by atoms with Crippen molar-refractivity contribution < 1.29 is 9.59 Å². The van der Waals surface area contributed by atoms with Crippen LogP contribution in [0.5, 0.6) is 0 Å². The number of amides is 2. The van der Waals surface area contributed by atoms with Gasteiger partial charge in [-0.15, -0.1) is 0 Å². The summed E-state index contributed by atoms with van der Waals surface area (Å²) < 4.78 is 0. The molecule has 0 bridgehead atoms. The summed E-state index contributed by atoms with van der Waals surface area (Å²) in [7, 11) is 0. The van der Waals surface area contributed by atoms with E-state index < -0.39 is 5.41 Å². The molecule has 3 fully saturated rings. The molecule has 4 heterocycles. The molecule has 0 saturated carbocycles. The zero-order valence-electron chi connectivity index (χ0n) is 14.5. The number of aromatic nitrogens is 2. The molecule has 1 atom stereocenters. The van der Waals surface area contributed by atoms with Crippen LogP contribution in [0.1, 0.15) is 50.0 Å². The molecule has 1 aromatic rings. The fourth-order valence-electron chi connectivity index (χ4n) is 4.32. The van der Waals surface area contributed by atoms with E-state index in [4.69, 9.17) is 0 Å². The zero-order valence-corrected chi connectivity index (χ0v) is 14.5. The van der Waals surface area contributed by atoms with Gasteiger partial charge < -0.3 is 10.2 Å². The third-order valence-corrected chi connectivity index (χ3v) is 5.90. The highest BCUT2D eigenvalue weighted by Gasteiger charge is 2.46. The lowest BCUT2D eigenvalue weighted by Crippen LogP contribution is -2.43. The molecule has 3 saturated heterocycles. The lowest BCUT2D eigenvalue weighted by atomic mass is 9.82. The highest BCUT2D eigenvalue weighted by atomic mass is 16.2. The first-order valence-corrected chi connectivity index (χ1v) is 9.28. The number of carbonyl (C=O) groups excluding carboxylic acids is 2. The summed E-state index contributed by atoms with van der Waals surface area (Å²) in [4.78, 5) is 35.3. The van der Waals surface area contributed by atoms with Crippen LogP contribution in [0.15, 0.2) is 12.4 Å². The topological polar surface area (TPSA) is 87.2 Å². The van der Waals surface area contributed by atoms with E-state index >= 15 is 0 Å². The summed E-state index contributed by atoms with van der Waals surface area (Å²) in [6, 6.07) is 0. The summed E-state index contributed by atoms with van der Waals surface area (Å²) in [5.41, 5.74) is 0.737. The first-order chi connectivity index (χ1) is 12.2. The van der Waals surface area contributed by atoms with E-state index in [1.807, 2.05) is 12.4 Å². The van der Waals surface area contributed by atoms with Crippen molar-refractivity contribution in [3.8, 4) is 0 Å². The number of nitrogens with zero attached hydrogens (tertiary/aromatic N) is 3.